The Balaban J connectivity index is 1.41. The highest BCUT2D eigenvalue weighted by Gasteiger charge is 2.14. The molecule has 0 aliphatic carbocycles. The number of imidazole rings is 1. The van der Waals surface area contributed by atoms with Gasteiger partial charge in [-0.05, 0) is 48.9 Å². The molecule has 4 heterocycles. The summed E-state index contributed by atoms with van der Waals surface area (Å²) in [7, 11) is 1.34. The zero-order valence-electron chi connectivity index (χ0n) is 18.4. The molecule has 0 fully saturated rings. The van der Waals surface area contributed by atoms with Gasteiger partial charge in [-0.25, -0.2) is 15.0 Å². The van der Waals surface area contributed by atoms with E-state index in [4.69, 9.17) is 0 Å². The summed E-state index contributed by atoms with van der Waals surface area (Å²) >= 11 is 1.29. The van der Waals surface area contributed by atoms with Gasteiger partial charge >= 0.3 is 5.97 Å². The molecule has 0 unspecified atom stereocenters. The summed E-state index contributed by atoms with van der Waals surface area (Å²) < 4.78 is 21.5. The van der Waals surface area contributed by atoms with Crippen molar-refractivity contribution in [2.24, 2.45) is 0 Å². The van der Waals surface area contributed by atoms with E-state index in [-0.39, 0.29) is 18.4 Å². The number of amides is 1. The standard InChI is InChI=1S/C23H21FN6O3S/c1-15-18(26-14-30(15)12-21(31)33-2)6-5-17-13-34-23(27-17)28-22(32)19-4-3-9-29(19)11-16-7-8-25-20(24)10-16/h3-10,13-14H,11-12H2,1-2H3,(H,27,28,32)/b6-5+. The third-order valence-electron chi connectivity index (χ3n) is 5.03. The third-order valence-corrected chi connectivity index (χ3v) is 5.80. The predicted octanol–water partition coefficient (Wildman–Crippen LogP) is 3.63. The van der Waals surface area contributed by atoms with E-state index in [1.807, 2.05) is 12.3 Å². The molecule has 0 atom stereocenters. The first kappa shape index (κ1) is 23.1. The molecule has 9 nitrogen and oxygen atoms in total. The predicted molar refractivity (Wildman–Crippen MR) is 126 cm³/mol. The summed E-state index contributed by atoms with van der Waals surface area (Å²) in [4.78, 5) is 36.5. The number of halogens is 1. The highest BCUT2D eigenvalue weighted by Crippen LogP contribution is 2.19. The quantitative estimate of drug-likeness (QED) is 0.305. The zero-order valence-corrected chi connectivity index (χ0v) is 19.3. The fourth-order valence-corrected chi connectivity index (χ4v) is 3.90. The first-order valence-corrected chi connectivity index (χ1v) is 11.1. The number of hydrogen-bond acceptors (Lipinski definition) is 7. The monoisotopic (exact) mass is 480 g/mol. The summed E-state index contributed by atoms with van der Waals surface area (Å²) in [5, 5.41) is 5.06. The van der Waals surface area contributed by atoms with Crippen molar-refractivity contribution >= 4 is 40.5 Å². The fraction of sp³-hybridized carbons (Fsp3) is 0.174. The second kappa shape index (κ2) is 10.2. The van der Waals surface area contributed by atoms with Crippen LogP contribution >= 0.6 is 11.3 Å². The van der Waals surface area contributed by atoms with Gasteiger partial charge in [0.1, 0.15) is 12.2 Å². The molecule has 0 saturated carbocycles. The lowest BCUT2D eigenvalue weighted by Crippen LogP contribution is -2.17. The van der Waals surface area contributed by atoms with Gasteiger partial charge in [-0.3, -0.25) is 14.9 Å². The zero-order chi connectivity index (χ0) is 24.1. The van der Waals surface area contributed by atoms with E-state index < -0.39 is 5.95 Å². The topological polar surface area (TPSA) is 104 Å². The Kier molecular flexibility index (Phi) is 6.93. The van der Waals surface area contributed by atoms with Gasteiger partial charge in [0.15, 0.2) is 5.13 Å². The van der Waals surface area contributed by atoms with Crippen molar-refractivity contribution in [1.82, 2.24) is 24.1 Å². The molecule has 11 heteroatoms. The van der Waals surface area contributed by atoms with E-state index in [9.17, 15) is 14.0 Å². The van der Waals surface area contributed by atoms with Gasteiger partial charge < -0.3 is 13.9 Å². The average Bonchev–Trinajstić information content (AvgIpc) is 3.54. The van der Waals surface area contributed by atoms with Crippen molar-refractivity contribution in [2.45, 2.75) is 20.0 Å². The molecule has 1 amide bonds. The van der Waals surface area contributed by atoms with E-state index in [0.29, 0.717) is 34.3 Å². The Morgan fingerprint density at radius 2 is 2.09 bits per heavy atom. The van der Waals surface area contributed by atoms with Gasteiger partial charge in [-0.1, -0.05) is 0 Å². The molecule has 4 aromatic rings. The van der Waals surface area contributed by atoms with Crippen molar-refractivity contribution in [1.29, 1.82) is 0 Å². The number of nitrogens with one attached hydrogen (secondary N) is 1. The summed E-state index contributed by atoms with van der Waals surface area (Å²) in [6.45, 7) is 2.29. The lowest BCUT2D eigenvalue weighted by molar-refractivity contribution is -0.141. The molecule has 174 valence electrons. The van der Waals surface area contributed by atoms with Crippen LogP contribution in [-0.4, -0.2) is 43.1 Å². The van der Waals surface area contributed by atoms with Crippen molar-refractivity contribution in [3.8, 4) is 0 Å². The molecule has 0 aliphatic rings. The van der Waals surface area contributed by atoms with Gasteiger partial charge in [0.2, 0.25) is 5.95 Å². The van der Waals surface area contributed by atoms with Gasteiger partial charge in [0, 0.05) is 30.0 Å². The second-order valence-corrected chi connectivity index (χ2v) is 8.15. The van der Waals surface area contributed by atoms with E-state index in [1.165, 1.54) is 30.7 Å². The van der Waals surface area contributed by atoms with Gasteiger partial charge in [-0.2, -0.15) is 4.39 Å². The maximum Gasteiger partial charge on any atom is 0.325 e. The van der Waals surface area contributed by atoms with E-state index in [0.717, 1.165) is 5.69 Å². The minimum absolute atomic E-state index is 0.0912. The molecule has 0 saturated heterocycles. The Morgan fingerprint density at radius 3 is 2.88 bits per heavy atom. The van der Waals surface area contributed by atoms with Crippen LogP contribution in [0.3, 0.4) is 0 Å². The molecule has 0 aromatic carbocycles. The SMILES string of the molecule is COC(=O)Cn1cnc(/C=C/c2csc(NC(=O)c3cccn3Cc3ccnc(F)c3)n2)c1C. The van der Waals surface area contributed by atoms with Crippen LogP contribution in [0.15, 0.2) is 48.4 Å². The molecule has 1 N–H and O–H groups in total. The lowest BCUT2D eigenvalue weighted by atomic mass is 10.2. The Hall–Kier alpha value is -4.12. The third kappa shape index (κ3) is 5.44. The Bertz CT molecular complexity index is 1360. The van der Waals surface area contributed by atoms with E-state index in [1.54, 1.807) is 52.0 Å². The number of esters is 1. The molecular weight excluding hydrogens is 459 g/mol. The number of ether oxygens (including phenoxy) is 1. The van der Waals surface area contributed by atoms with Crippen molar-refractivity contribution < 1.29 is 18.7 Å². The molecule has 34 heavy (non-hydrogen) atoms. The van der Waals surface area contributed by atoms with Crippen molar-refractivity contribution in [2.75, 3.05) is 12.4 Å². The van der Waals surface area contributed by atoms with Gasteiger partial charge in [0.25, 0.3) is 5.91 Å². The summed E-state index contributed by atoms with van der Waals surface area (Å²) in [6.07, 6.45) is 8.30. The van der Waals surface area contributed by atoms with Crippen LogP contribution in [0.5, 0.6) is 0 Å². The van der Waals surface area contributed by atoms with E-state index >= 15 is 0 Å². The molecule has 4 aromatic heterocycles. The smallest absolute Gasteiger partial charge is 0.325 e. The summed E-state index contributed by atoms with van der Waals surface area (Å²) in [6, 6.07) is 6.48. The maximum absolute atomic E-state index is 13.4. The van der Waals surface area contributed by atoms with Crippen LogP contribution in [0.25, 0.3) is 12.2 Å². The number of hydrogen-bond donors (Lipinski definition) is 1. The molecule has 0 aliphatic heterocycles. The van der Waals surface area contributed by atoms with Crippen molar-refractivity contribution in [3.63, 3.8) is 0 Å². The van der Waals surface area contributed by atoms with Crippen LogP contribution in [0.2, 0.25) is 0 Å². The highest BCUT2D eigenvalue weighted by molar-refractivity contribution is 7.14. The fourth-order valence-electron chi connectivity index (χ4n) is 3.23. The molecule has 0 radical (unpaired) electrons. The first-order valence-electron chi connectivity index (χ1n) is 10.2. The normalized spacial score (nSPS) is 11.1. The highest BCUT2D eigenvalue weighted by atomic mass is 32.1. The minimum atomic E-state index is -0.565. The van der Waals surface area contributed by atoms with Crippen molar-refractivity contribution in [3.05, 3.63) is 82.7 Å². The Labute approximate surface area is 198 Å². The van der Waals surface area contributed by atoms with Crippen LogP contribution < -0.4 is 5.32 Å². The van der Waals surface area contributed by atoms with E-state index in [2.05, 4.69) is 25.0 Å². The van der Waals surface area contributed by atoms with Gasteiger partial charge in [0.05, 0.1) is 24.8 Å². The molecular formula is C23H21FN6O3S. The number of aromatic nitrogens is 5. The number of carbonyl (C=O) groups excluding carboxylic acids is 2. The average molecular weight is 481 g/mol. The number of methoxy groups -OCH3 is 1. The van der Waals surface area contributed by atoms with Gasteiger partial charge in [-0.15, -0.1) is 11.3 Å². The van der Waals surface area contributed by atoms with Crippen LogP contribution in [0.1, 0.15) is 33.1 Å². The Morgan fingerprint density at radius 1 is 1.24 bits per heavy atom. The van der Waals surface area contributed by atoms with Crippen LogP contribution in [0, 0.1) is 12.9 Å². The number of anilines is 1. The second-order valence-electron chi connectivity index (χ2n) is 7.29. The first-order chi connectivity index (χ1) is 16.4. The largest absolute Gasteiger partial charge is 0.468 e. The minimum Gasteiger partial charge on any atom is -0.468 e. The number of nitrogens with zero attached hydrogens (tertiary/aromatic N) is 5. The molecule has 0 bridgehead atoms. The van der Waals surface area contributed by atoms with Crippen LogP contribution in [-0.2, 0) is 22.6 Å². The number of rotatable bonds is 8. The number of thiazole rings is 1. The summed E-state index contributed by atoms with van der Waals surface area (Å²) in [5.74, 6) is -1.23. The lowest BCUT2D eigenvalue weighted by Gasteiger charge is -2.09. The summed E-state index contributed by atoms with van der Waals surface area (Å²) in [5.41, 5.74) is 3.30. The molecule has 4 rings (SSSR count). The van der Waals surface area contributed by atoms with Crippen LogP contribution in [0.4, 0.5) is 9.52 Å². The molecule has 0 spiro atoms. The number of carbonyl (C=O) groups is 2. The number of pyridine rings is 1. The maximum atomic E-state index is 13.4.